The van der Waals surface area contributed by atoms with Crippen molar-refractivity contribution in [3.05, 3.63) is 69.7 Å². The number of aliphatic hydroxyl groups is 1. The summed E-state index contributed by atoms with van der Waals surface area (Å²) in [5.41, 5.74) is 2.43. The Morgan fingerprint density at radius 3 is 2.73 bits per heavy atom. The molecule has 2 aromatic carbocycles. The van der Waals surface area contributed by atoms with Crippen LogP contribution >= 0.6 is 23.8 Å². The van der Waals surface area contributed by atoms with Crippen LogP contribution in [0.4, 0.5) is 5.69 Å². The lowest BCUT2D eigenvalue weighted by molar-refractivity contribution is -0.114. The van der Waals surface area contributed by atoms with Crippen molar-refractivity contribution in [2.45, 2.75) is 33.1 Å². The second kappa shape index (κ2) is 9.99. The smallest absolute Gasteiger partial charge is 0.221 e. The summed E-state index contributed by atoms with van der Waals surface area (Å²) in [5, 5.41) is 18.2. The molecular formula is C21H23ClN4O3S. The minimum absolute atomic E-state index is 0.147. The number of benzene rings is 2. The highest BCUT2D eigenvalue weighted by Gasteiger charge is 2.13. The van der Waals surface area contributed by atoms with E-state index in [4.69, 9.17) is 28.6 Å². The van der Waals surface area contributed by atoms with Gasteiger partial charge in [-0.05, 0) is 55.0 Å². The summed E-state index contributed by atoms with van der Waals surface area (Å²) in [5.74, 6) is 0.527. The normalized spacial score (nSPS) is 12.0. The van der Waals surface area contributed by atoms with Gasteiger partial charge in [-0.1, -0.05) is 29.8 Å². The zero-order valence-corrected chi connectivity index (χ0v) is 18.3. The van der Waals surface area contributed by atoms with E-state index in [1.807, 2.05) is 37.3 Å². The Morgan fingerprint density at radius 2 is 2.03 bits per heavy atom. The molecule has 3 rings (SSSR count). The van der Waals surface area contributed by atoms with E-state index < -0.39 is 6.10 Å². The van der Waals surface area contributed by atoms with E-state index in [1.165, 1.54) is 6.92 Å². The van der Waals surface area contributed by atoms with Gasteiger partial charge >= 0.3 is 0 Å². The van der Waals surface area contributed by atoms with Gasteiger partial charge < -0.3 is 15.2 Å². The number of hydrogen-bond donors (Lipinski definition) is 2. The zero-order chi connectivity index (χ0) is 21.7. The summed E-state index contributed by atoms with van der Waals surface area (Å²) in [6, 6.07) is 14.7. The number of aryl methyl sites for hydroxylation is 1. The second-order valence-electron chi connectivity index (χ2n) is 6.87. The van der Waals surface area contributed by atoms with Crippen LogP contribution in [-0.4, -0.2) is 38.1 Å². The van der Waals surface area contributed by atoms with Gasteiger partial charge in [0, 0.05) is 17.6 Å². The van der Waals surface area contributed by atoms with Gasteiger partial charge in [-0.3, -0.25) is 9.36 Å². The number of rotatable bonds is 8. The maximum absolute atomic E-state index is 11.3. The van der Waals surface area contributed by atoms with Crippen molar-refractivity contribution in [1.29, 1.82) is 0 Å². The van der Waals surface area contributed by atoms with E-state index >= 15 is 0 Å². The maximum atomic E-state index is 11.3. The Kier molecular flexibility index (Phi) is 7.38. The van der Waals surface area contributed by atoms with Crippen LogP contribution in [0.1, 0.15) is 18.3 Å². The van der Waals surface area contributed by atoms with E-state index in [0.29, 0.717) is 27.9 Å². The third kappa shape index (κ3) is 5.76. The molecule has 30 heavy (non-hydrogen) atoms. The van der Waals surface area contributed by atoms with E-state index in [2.05, 4.69) is 10.4 Å². The number of nitrogens with zero attached hydrogens (tertiary/aromatic N) is 3. The fourth-order valence-electron chi connectivity index (χ4n) is 3.00. The number of carbonyl (C=O) groups excluding carboxylic acids is 1. The highest BCUT2D eigenvalue weighted by atomic mass is 35.5. The molecule has 0 aliphatic carbocycles. The summed E-state index contributed by atoms with van der Waals surface area (Å²) in [4.78, 5) is 11.3. The molecule has 0 radical (unpaired) electrons. The highest BCUT2D eigenvalue weighted by Crippen LogP contribution is 2.17. The lowest BCUT2D eigenvalue weighted by Crippen LogP contribution is -2.23. The quantitative estimate of drug-likeness (QED) is 0.513. The Hall–Kier alpha value is -2.52. The van der Waals surface area contributed by atoms with Crippen LogP contribution in [0.25, 0.3) is 5.69 Å². The molecule has 1 amide bonds. The number of amides is 1. The summed E-state index contributed by atoms with van der Waals surface area (Å²) in [6.45, 7) is 4.02. The van der Waals surface area contributed by atoms with Gasteiger partial charge in [0.2, 0.25) is 10.7 Å². The molecule has 3 aromatic rings. The standard InChI is InChI=1S/C21H23ClN4O3S/c1-14-24-25(11-20(28)13-29-12-16-6-8-17(22)9-7-16)21(30)26(14)19-5-3-4-18(10-19)23-15(2)27/h3-10,20,28H,11-13H2,1-2H3,(H,23,27). The first kappa shape index (κ1) is 22.2. The number of halogens is 1. The van der Waals surface area contributed by atoms with Gasteiger partial charge in [-0.2, -0.15) is 5.10 Å². The molecule has 0 saturated carbocycles. The summed E-state index contributed by atoms with van der Waals surface area (Å²) >= 11 is 11.4. The SMILES string of the molecule is CC(=O)Nc1cccc(-n2c(C)nn(CC(O)COCc3ccc(Cl)cc3)c2=S)c1. The van der Waals surface area contributed by atoms with Gasteiger partial charge in [0.15, 0.2) is 0 Å². The largest absolute Gasteiger partial charge is 0.389 e. The van der Waals surface area contributed by atoms with Crippen molar-refractivity contribution in [2.24, 2.45) is 0 Å². The van der Waals surface area contributed by atoms with Crippen LogP contribution in [0.2, 0.25) is 5.02 Å². The number of nitrogens with one attached hydrogen (secondary N) is 1. The number of aliphatic hydroxyl groups excluding tert-OH is 1. The lowest BCUT2D eigenvalue weighted by atomic mass is 10.2. The Morgan fingerprint density at radius 1 is 1.30 bits per heavy atom. The monoisotopic (exact) mass is 446 g/mol. The topological polar surface area (TPSA) is 81.3 Å². The number of carbonyl (C=O) groups is 1. The van der Waals surface area contributed by atoms with Crippen LogP contribution in [0, 0.1) is 11.7 Å². The van der Waals surface area contributed by atoms with Crippen molar-refractivity contribution >= 4 is 35.4 Å². The Bertz CT molecular complexity index is 1080. The Labute approximate surface area is 184 Å². The molecule has 0 fully saturated rings. The molecule has 7 nitrogen and oxygen atoms in total. The average Bonchev–Trinajstić information content (AvgIpc) is 2.96. The minimum atomic E-state index is -0.766. The summed E-state index contributed by atoms with van der Waals surface area (Å²) in [7, 11) is 0. The van der Waals surface area contributed by atoms with E-state index in [0.717, 1.165) is 11.3 Å². The highest BCUT2D eigenvalue weighted by molar-refractivity contribution is 7.71. The number of ether oxygens (including phenoxy) is 1. The maximum Gasteiger partial charge on any atom is 0.221 e. The average molecular weight is 447 g/mol. The van der Waals surface area contributed by atoms with E-state index in [1.54, 1.807) is 27.4 Å². The molecule has 1 unspecified atom stereocenters. The molecule has 2 N–H and O–H groups in total. The molecule has 158 valence electrons. The number of anilines is 1. The van der Waals surface area contributed by atoms with Crippen LogP contribution in [0.15, 0.2) is 48.5 Å². The molecule has 1 aromatic heterocycles. The summed E-state index contributed by atoms with van der Waals surface area (Å²) < 4.78 is 9.41. The van der Waals surface area contributed by atoms with Crippen molar-refractivity contribution in [2.75, 3.05) is 11.9 Å². The number of aromatic nitrogens is 3. The van der Waals surface area contributed by atoms with Crippen LogP contribution < -0.4 is 5.32 Å². The molecule has 0 aliphatic rings. The minimum Gasteiger partial charge on any atom is -0.389 e. The first-order valence-corrected chi connectivity index (χ1v) is 10.2. The van der Waals surface area contributed by atoms with Crippen molar-refractivity contribution in [3.63, 3.8) is 0 Å². The molecule has 1 heterocycles. The molecule has 0 aliphatic heterocycles. The van der Waals surface area contributed by atoms with Gasteiger partial charge in [-0.25, -0.2) is 4.68 Å². The zero-order valence-electron chi connectivity index (χ0n) is 16.7. The third-order valence-corrected chi connectivity index (χ3v) is 4.95. The van der Waals surface area contributed by atoms with Crippen LogP contribution in [0.3, 0.4) is 0 Å². The van der Waals surface area contributed by atoms with Crippen molar-refractivity contribution in [1.82, 2.24) is 14.3 Å². The van der Waals surface area contributed by atoms with Gasteiger partial charge in [0.05, 0.1) is 31.5 Å². The van der Waals surface area contributed by atoms with Crippen LogP contribution in [0.5, 0.6) is 0 Å². The second-order valence-corrected chi connectivity index (χ2v) is 7.68. The number of hydrogen-bond acceptors (Lipinski definition) is 5. The predicted octanol–water partition coefficient (Wildman–Crippen LogP) is 3.90. The van der Waals surface area contributed by atoms with Crippen molar-refractivity contribution in [3.8, 4) is 5.69 Å². The Balaban J connectivity index is 1.65. The molecule has 0 bridgehead atoms. The molecular weight excluding hydrogens is 424 g/mol. The van der Waals surface area contributed by atoms with Gasteiger partial charge in [0.1, 0.15) is 5.82 Å². The predicted molar refractivity (Wildman–Crippen MR) is 119 cm³/mol. The first-order chi connectivity index (χ1) is 14.3. The molecule has 0 saturated heterocycles. The fraction of sp³-hybridized carbons (Fsp3) is 0.286. The fourth-order valence-corrected chi connectivity index (χ4v) is 3.48. The van der Waals surface area contributed by atoms with E-state index in [9.17, 15) is 9.90 Å². The molecule has 0 spiro atoms. The lowest BCUT2D eigenvalue weighted by Gasteiger charge is -2.11. The van der Waals surface area contributed by atoms with Crippen LogP contribution in [-0.2, 0) is 22.7 Å². The molecule has 1 atom stereocenters. The van der Waals surface area contributed by atoms with Gasteiger partial charge in [0.25, 0.3) is 0 Å². The van der Waals surface area contributed by atoms with E-state index in [-0.39, 0.29) is 19.1 Å². The third-order valence-electron chi connectivity index (χ3n) is 4.30. The van der Waals surface area contributed by atoms with Crippen molar-refractivity contribution < 1.29 is 14.6 Å². The summed E-state index contributed by atoms with van der Waals surface area (Å²) in [6.07, 6.45) is -0.766. The molecule has 9 heteroatoms. The van der Waals surface area contributed by atoms with Gasteiger partial charge in [-0.15, -0.1) is 0 Å². The first-order valence-electron chi connectivity index (χ1n) is 9.38.